The number of carbonyl (C=O) groups is 2. The van der Waals surface area contributed by atoms with E-state index in [-0.39, 0.29) is 28.7 Å². The number of imide groups is 1. The summed E-state index contributed by atoms with van der Waals surface area (Å²) in [6.45, 7) is 2.05. The Bertz CT molecular complexity index is 1450. The van der Waals surface area contributed by atoms with Crippen LogP contribution in [0.3, 0.4) is 0 Å². The molecule has 2 amide bonds. The Kier molecular flexibility index (Phi) is 7.20. The molecule has 0 aliphatic carbocycles. The smallest absolute Gasteiger partial charge is 0.318 e. The largest absolute Gasteiger partial charge is 0.493 e. The van der Waals surface area contributed by atoms with Crippen molar-refractivity contribution >= 4 is 40.4 Å². The number of nitro groups is 2. The van der Waals surface area contributed by atoms with E-state index in [0.717, 1.165) is 46.0 Å². The first-order chi connectivity index (χ1) is 17.7. The summed E-state index contributed by atoms with van der Waals surface area (Å²) in [7, 11) is 1.37. The van der Waals surface area contributed by atoms with Crippen molar-refractivity contribution in [2.24, 2.45) is 0 Å². The minimum atomic E-state index is -0.798. The lowest BCUT2D eigenvalue weighted by atomic mass is 10.1. The zero-order valence-electron chi connectivity index (χ0n) is 19.6. The van der Waals surface area contributed by atoms with Gasteiger partial charge >= 0.3 is 5.69 Å². The average Bonchev–Trinajstić information content (AvgIpc) is 3.13. The lowest BCUT2D eigenvalue weighted by Gasteiger charge is -2.14. The Labute approximate surface area is 214 Å². The number of nitrogens with zero attached hydrogens (tertiary/aromatic N) is 3. The lowest BCUT2D eigenvalue weighted by molar-refractivity contribution is -0.394. The van der Waals surface area contributed by atoms with Crippen LogP contribution in [0, 0.1) is 27.2 Å². The van der Waals surface area contributed by atoms with Gasteiger partial charge in [0.2, 0.25) is 5.75 Å². The molecule has 0 atom stereocenters. The molecule has 0 spiro atoms. The number of aryl methyl sites for hydroxylation is 1. The fourth-order valence-corrected chi connectivity index (χ4v) is 4.36. The quantitative estimate of drug-likeness (QED) is 0.203. The van der Waals surface area contributed by atoms with Crippen molar-refractivity contribution in [1.29, 1.82) is 0 Å². The molecule has 0 N–H and O–H groups in total. The van der Waals surface area contributed by atoms with Gasteiger partial charge in [0.15, 0.2) is 11.5 Å². The van der Waals surface area contributed by atoms with Crippen molar-refractivity contribution in [2.45, 2.75) is 13.5 Å². The Hall–Kier alpha value is -4.71. The molecule has 0 bridgehead atoms. The van der Waals surface area contributed by atoms with Crippen LogP contribution >= 0.6 is 11.8 Å². The molecule has 4 rings (SSSR count). The summed E-state index contributed by atoms with van der Waals surface area (Å²) >= 11 is 0.760. The first-order valence-electron chi connectivity index (χ1n) is 10.8. The van der Waals surface area contributed by atoms with E-state index in [2.05, 4.69) is 0 Å². The fraction of sp³-hybridized carbons (Fsp3) is 0.120. The van der Waals surface area contributed by atoms with Gasteiger partial charge in [-0.1, -0.05) is 42.0 Å². The third-order valence-corrected chi connectivity index (χ3v) is 6.32. The molecular weight excluding hydrogens is 502 g/mol. The summed E-state index contributed by atoms with van der Waals surface area (Å²) < 4.78 is 11.2. The second kappa shape index (κ2) is 10.5. The maximum atomic E-state index is 13.1. The van der Waals surface area contributed by atoms with Gasteiger partial charge in [0.25, 0.3) is 16.8 Å². The SMILES string of the molecule is COc1cccc(/C=C2\SC(=O)N(Cc3ccc(C)cc3)C2=O)c1Oc1ccc([N+](=O)[O-])cc1[N+](=O)[O-]. The van der Waals surface area contributed by atoms with E-state index < -0.39 is 32.4 Å². The van der Waals surface area contributed by atoms with Gasteiger partial charge in [0.05, 0.1) is 34.5 Å². The van der Waals surface area contributed by atoms with Gasteiger partial charge in [0, 0.05) is 11.6 Å². The molecule has 1 saturated heterocycles. The van der Waals surface area contributed by atoms with Gasteiger partial charge in [0.1, 0.15) is 0 Å². The van der Waals surface area contributed by atoms with E-state index >= 15 is 0 Å². The highest BCUT2D eigenvalue weighted by Gasteiger charge is 2.35. The number of amides is 2. The molecule has 3 aromatic carbocycles. The van der Waals surface area contributed by atoms with Gasteiger partial charge in [-0.15, -0.1) is 0 Å². The van der Waals surface area contributed by atoms with Crippen molar-refractivity contribution in [1.82, 2.24) is 4.90 Å². The first kappa shape index (κ1) is 25.4. The molecule has 0 radical (unpaired) electrons. The summed E-state index contributed by atoms with van der Waals surface area (Å²) in [5, 5.41) is 22.2. The maximum Gasteiger partial charge on any atom is 0.318 e. The van der Waals surface area contributed by atoms with Crippen LogP contribution in [0.5, 0.6) is 17.2 Å². The molecule has 0 aromatic heterocycles. The predicted octanol–water partition coefficient (Wildman–Crippen LogP) is 5.85. The Balaban J connectivity index is 1.69. The zero-order chi connectivity index (χ0) is 26.7. The number of benzene rings is 3. The number of nitro benzene ring substituents is 2. The molecule has 3 aromatic rings. The van der Waals surface area contributed by atoms with E-state index in [4.69, 9.17) is 9.47 Å². The molecule has 1 fully saturated rings. The summed E-state index contributed by atoms with van der Waals surface area (Å²) in [4.78, 5) is 48.0. The highest BCUT2D eigenvalue weighted by Crippen LogP contribution is 2.42. The molecule has 0 saturated carbocycles. The number of hydrogen-bond acceptors (Lipinski definition) is 9. The summed E-state index contributed by atoms with van der Waals surface area (Å²) in [5.41, 5.74) is 1.07. The summed E-state index contributed by atoms with van der Waals surface area (Å²) in [5.74, 6) is -0.527. The van der Waals surface area contributed by atoms with E-state index in [1.807, 2.05) is 31.2 Å². The van der Waals surface area contributed by atoms with Gasteiger partial charge in [-0.05, 0) is 42.5 Å². The Morgan fingerprint density at radius 1 is 0.973 bits per heavy atom. The van der Waals surface area contributed by atoms with E-state index in [1.165, 1.54) is 13.2 Å². The molecule has 1 heterocycles. The number of non-ortho nitro benzene ring substituents is 1. The van der Waals surface area contributed by atoms with Crippen LogP contribution in [-0.2, 0) is 11.3 Å². The second-order valence-corrected chi connectivity index (χ2v) is 8.89. The van der Waals surface area contributed by atoms with Gasteiger partial charge < -0.3 is 9.47 Å². The topological polar surface area (TPSA) is 142 Å². The number of thioether (sulfide) groups is 1. The van der Waals surface area contributed by atoms with Crippen LogP contribution in [0.15, 0.2) is 65.6 Å². The van der Waals surface area contributed by atoms with Crippen LogP contribution in [0.25, 0.3) is 6.08 Å². The number of carbonyl (C=O) groups excluding carboxylic acids is 2. The predicted molar refractivity (Wildman–Crippen MR) is 136 cm³/mol. The van der Waals surface area contributed by atoms with E-state index in [1.54, 1.807) is 18.2 Å². The van der Waals surface area contributed by atoms with Crippen molar-refractivity contribution in [2.75, 3.05) is 7.11 Å². The van der Waals surface area contributed by atoms with Gasteiger partial charge in [-0.2, -0.15) is 0 Å². The van der Waals surface area contributed by atoms with Crippen LogP contribution in [0.1, 0.15) is 16.7 Å². The number of ether oxygens (including phenoxy) is 2. The number of para-hydroxylation sites is 1. The molecule has 1 aliphatic heterocycles. The summed E-state index contributed by atoms with van der Waals surface area (Å²) in [6, 6.07) is 15.2. The highest BCUT2D eigenvalue weighted by molar-refractivity contribution is 8.18. The third-order valence-electron chi connectivity index (χ3n) is 5.41. The molecule has 37 heavy (non-hydrogen) atoms. The minimum Gasteiger partial charge on any atom is -0.493 e. The van der Waals surface area contributed by atoms with Crippen LogP contribution in [-0.4, -0.2) is 33.0 Å². The summed E-state index contributed by atoms with van der Waals surface area (Å²) in [6.07, 6.45) is 1.44. The van der Waals surface area contributed by atoms with E-state index in [9.17, 15) is 29.8 Å². The van der Waals surface area contributed by atoms with Crippen LogP contribution < -0.4 is 9.47 Å². The minimum absolute atomic E-state index is 0.0345. The van der Waals surface area contributed by atoms with Crippen LogP contribution in [0.2, 0.25) is 0 Å². The van der Waals surface area contributed by atoms with Gasteiger partial charge in [-0.3, -0.25) is 34.7 Å². The Morgan fingerprint density at radius 2 is 1.70 bits per heavy atom. The molecule has 1 aliphatic rings. The van der Waals surface area contributed by atoms with Crippen molar-refractivity contribution < 1.29 is 28.9 Å². The normalized spacial score (nSPS) is 14.2. The lowest BCUT2D eigenvalue weighted by Crippen LogP contribution is -2.27. The molecule has 12 heteroatoms. The second-order valence-electron chi connectivity index (χ2n) is 7.90. The third kappa shape index (κ3) is 5.43. The molecule has 0 unspecified atom stereocenters. The highest BCUT2D eigenvalue weighted by atomic mass is 32.2. The van der Waals surface area contributed by atoms with Crippen molar-refractivity contribution in [3.05, 3.63) is 102 Å². The number of methoxy groups -OCH3 is 1. The van der Waals surface area contributed by atoms with E-state index in [0.29, 0.717) is 5.56 Å². The Morgan fingerprint density at radius 3 is 2.35 bits per heavy atom. The standard InChI is InChI=1S/C25H19N3O8S/c1-15-6-8-16(9-7-15)14-26-24(29)22(37-25(26)30)12-17-4-3-5-21(35-2)23(17)36-20-11-10-18(27(31)32)13-19(20)28(33)34/h3-13H,14H2,1-2H3/b22-12-. The molecular formula is C25H19N3O8S. The molecule has 188 valence electrons. The monoisotopic (exact) mass is 521 g/mol. The fourth-order valence-electron chi connectivity index (χ4n) is 3.53. The van der Waals surface area contributed by atoms with Crippen molar-refractivity contribution in [3.63, 3.8) is 0 Å². The number of hydrogen-bond donors (Lipinski definition) is 0. The van der Waals surface area contributed by atoms with Crippen molar-refractivity contribution in [3.8, 4) is 17.2 Å². The first-order valence-corrected chi connectivity index (χ1v) is 11.6. The molecule has 11 nitrogen and oxygen atoms in total. The van der Waals surface area contributed by atoms with Crippen LogP contribution in [0.4, 0.5) is 16.2 Å². The maximum absolute atomic E-state index is 13.1. The van der Waals surface area contributed by atoms with Gasteiger partial charge in [-0.25, -0.2) is 0 Å². The zero-order valence-corrected chi connectivity index (χ0v) is 20.4. The average molecular weight is 522 g/mol. The number of rotatable bonds is 8.